The maximum absolute atomic E-state index is 11.8. The number of benzene rings is 1. The Hall–Kier alpha value is -2.04. The van der Waals surface area contributed by atoms with Crippen LogP contribution in [0.3, 0.4) is 0 Å². The number of piperazine rings is 1. The first kappa shape index (κ1) is 13.4. The summed E-state index contributed by atoms with van der Waals surface area (Å²) < 4.78 is 0. The van der Waals surface area contributed by atoms with Gasteiger partial charge >= 0.3 is 11.8 Å². The average molecular weight is 261 g/mol. The molecule has 1 heterocycles. The molecule has 0 saturated carbocycles. The highest BCUT2D eigenvalue weighted by molar-refractivity contribution is 6.35. The Morgan fingerprint density at radius 1 is 1.11 bits per heavy atom. The summed E-state index contributed by atoms with van der Waals surface area (Å²) in [5.41, 5.74) is 1.16. The Morgan fingerprint density at radius 2 is 1.74 bits per heavy atom. The molecule has 0 bridgehead atoms. The molecule has 0 atom stereocenters. The van der Waals surface area contributed by atoms with Crippen molar-refractivity contribution in [3.05, 3.63) is 30.3 Å². The van der Waals surface area contributed by atoms with E-state index in [-0.39, 0.29) is 0 Å². The van der Waals surface area contributed by atoms with E-state index in [1.807, 2.05) is 18.2 Å². The number of para-hydroxylation sites is 1. The van der Waals surface area contributed by atoms with Crippen LogP contribution >= 0.6 is 0 Å². The zero-order valence-electron chi connectivity index (χ0n) is 11.1. The van der Waals surface area contributed by atoms with E-state index in [1.165, 1.54) is 0 Å². The summed E-state index contributed by atoms with van der Waals surface area (Å²) in [7, 11) is 0. The van der Waals surface area contributed by atoms with Crippen molar-refractivity contribution in [2.75, 3.05) is 37.6 Å². The van der Waals surface area contributed by atoms with Crippen LogP contribution in [-0.4, -0.2) is 49.4 Å². The number of amides is 2. The molecule has 1 aliphatic heterocycles. The third kappa shape index (κ3) is 3.24. The molecule has 0 aliphatic carbocycles. The van der Waals surface area contributed by atoms with Crippen LogP contribution in [0.25, 0.3) is 0 Å². The lowest BCUT2D eigenvalue weighted by molar-refractivity contribution is -0.146. The maximum Gasteiger partial charge on any atom is 0.312 e. The molecule has 1 N–H and O–H groups in total. The standard InChI is InChI=1S/C14H19N3O2/c1-2-15-13(18)14(19)17-10-8-16(9-11-17)12-6-4-3-5-7-12/h3-7H,2,8-11H2,1H3,(H,15,18). The molecule has 1 aromatic rings. The van der Waals surface area contributed by atoms with E-state index in [2.05, 4.69) is 22.3 Å². The van der Waals surface area contributed by atoms with Crippen LogP contribution in [0.15, 0.2) is 30.3 Å². The largest absolute Gasteiger partial charge is 0.368 e. The van der Waals surface area contributed by atoms with Gasteiger partial charge < -0.3 is 15.1 Å². The molecule has 0 spiro atoms. The summed E-state index contributed by atoms with van der Waals surface area (Å²) in [5.74, 6) is -0.926. The molecule has 2 amide bonds. The van der Waals surface area contributed by atoms with Gasteiger partial charge in [0.25, 0.3) is 0 Å². The Labute approximate surface area is 113 Å². The minimum absolute atomic E-state index is 0.422. The molecule has 1 aliphatic rings. The molecule has 5 heteroatoms. The lowest BCUT2D eigenvalue weighted by Gasteiger charge is -2.35. The third-order valence-corrected chi connectivity index (χ3v) is 3.22. The highest BCUT2D eigenvalue weighted by atomic mass is 16.2. The van der Waals surface area contributed by atoms with Crippen LogP contribution in [0.4, 0.5) is 5.69 Å². The van der Waals surface area contributed by atoms with Crippen LogP contribution in [-0.2, 0) is 9.59 Å². The predicted molar refractivity (Wildman–Crippen MR) is 73.9 cm³/mol. The number of anilines is 1. The Bertz CT molecular complexity index is 439. The van der Waals surface area contributed by atoms with Crippen LogP contribution in [0.1, 0.15) is 6.92 Å². The minimum Gasteiger partial charge on any atom is -0.368 e. The summed E-state index contributed by atoms with van der Waals surface area (Å²) in [6.45, 7) is 4.98. The van der Waals surface area contributed by atoms with Crippen molar-refractivity contribution >= 4 is 17.5 Å². The van der Waals surface area contributed by atoms with E-state index in [4.69, 9.17) is 0 Å². The van der Waals surface area contributed by atoms with Gasteiger partial charge in [-0.3, -0.25) is 9.59 Å². The predicted octanol–water partition coefficient (Wildman–Crippen LogP) is 0.471. The SMILES string of the molecule is CCNC(=O)C(=O)N1CCN(c2ccccc2)CC1. The lowest BCUT2D eigenvalue weighted by Crippen LogP contribution is -2.52. The molecule has 19 heavy (non-hydrogen) atoms. The van der Waals surface area contributed by atoms with Gasteiger partial charge in [0, 0.05) is 38.4 Å². The average Bonchev–Trinajstić information content (AvgIpc) is 2.48. The van der Waals surface area contributed by atoms with Gasteiger partial charge in [-0.05, 0) is 19.1 Å². The van der Waals surface area contributed by atoms with Gasteiger partial charge in [-0.2, -0.15) is 0 Å². The summed E-state index contributed by atoms with van der Waals surface area (Å²) in [6, 6.07) is 10.1. The van der Waals surface area contributed by atoms with E-state index in [0.29, 0.717) is 19.6 Å². The van der Waals surface area contributed by atoms with Gasteiger partial charge in [0.2, 0.25) is 0 Å². The summed E-state index contributed by atoms with van der Waals surface area (Å²) in [4.78, 5) is 27.1. The van der Waals surface area contributed by atoms with Crippen molar-refractivity contribution in [2.45, 2.75) is 6.92 Å². The second-order valence-electron chi connectivity index (χ2n) is 4.47. The minimum atomic E-state index is -0.504. The molecule has 102 valence electrons. The first-order valence-corrected chi connectivity index (χ1v) is 6.59. The summed E-state index contributed by atoms with van der Waals surface area (Å²) >= 11 is 0. The third-order valence-electron chi connectivity index (χ3n) is 3.22. The van der Waals surface area contributed by atoms with Crippen molar-refractivity contribution in [2.24, 2.45) is 0 Å². The van der Waals surface area contributed by atoms with Crippen molar-refractivity contribution < 1.29 is 9.59 Å². The van der Waals surface area contributed by atoms with Gasteiger partial charge in [-0.15, -0.1) is 0 Å². The van der Waals surface area contributed by atoms with Gasteiger partial charge in [-0.25, -0.2) is 0 Å². The Balaban J connectivity index is 1.89. The van der Waals surface area contributed by atoms with Gasteiger partial charge in [0.15, 0.2) is 0 Å². The van der Waals surface area contributed by atoms with E-state index in [1.54, 1.807) is 11.8 Å². The Kier molecular flexibility index (Phi) is 4.39. The zero-order chi connectivity index (χ0) is 13.7. The number of rotatable bonds is 2. The molecule has 2 rings (SSSR count). The first-order chi connectivity index (χ1) is 9.22. The molecular formula is C14H19N3O2. The normalized spacial score (nSPS) is 15.2. The van der Waals surface area contributed by atoms with Crippen LogP contribution in [0, 0.1) is 0 Å². The molecule has 5 nitrogen and oxygen atoms in total. The summed E-state index contributed by atoms with van der Waals surface area (Å²) in [5, 5.41) is 2.54. The van der Waals surface area contributed by atoms with Crippen molar-refractivity contribution in [3.8, 4) is 0 Å². The fraction of sp³-hybridized carbons (Fsp3) is 0.429. The number of hydrogen-bond donors (Lipinski definition) is 1. The number of carbonyl (C=O) groups is 2. The van der Waals surface area contributed by atoms with Gasteiger partial charge in [-0.1, -0.05) is 18.2 Å². The molecule has 0 aromatic heterocycles. The number of likely N-dealkylation sites (N-methyl/N-ethyl adjacent to an activating group) is 1. The quantitative estimate of drug-likeness (QED) is 0.787. The second kappa shape index (κ2) is 6.22. The highest BCUT2D eigenvalue weighted by Gasteiger charge is 2.25. The van der Waals surface area contributed by atoms with Crippen LogP contribution < -0.4 is 10.2 Å². The lowest BCUT2D eigenvalue weighted by atomic mass is 10.2. The zero-order valence-corrected chi connectivity index (χ0v) is 11.1. The number of nitrogens with zero attached hydrogens (tertiary/aromatic N) is 2. The van der Waals surface area contributed by atoms with Crippen molar-refractivity contribution in [1.29, 1.82) is 0 Å². The van der Waals surface area contributed by atoms with Crippen molar-refractivity contribution in [1.82, 2.24) is 10.2 Å². The number of nitrogens with one attached hydrogen (secondary N) is 1. The van der Waals surface area contributed by atoms with E-state index >= 15 is 0 Å². The molecular weight excluding hydrogens is 242 g/mol. The van der Waals surface area contributed by atoms with Gasteiger partial charge in [0.1, 0.15) is 0 Å². The molecule has 0 radical (unpaired) electrons. The number of hydrogen-bond acceptors (Lipinski definition) is 3. The number of carbonyl (C=O) groups excluding carboxylic acids is 2. The fourth-order valence-corrected chi connectivity index (χ4v) is 2.19. The van der Waals surface area contributed by atoms with Crippen LogP contribution in [0.2, 0.25) is 0 Å². The molecule has 0 unspecified atom stereocenters. The first-order valence-electron chi connectivity index (χ1n) is 6.59. The summed E-state index contributed by atoms with van der Waals surface area (Å²) in [6.07, 6.45) is 0. The van der Waals surface area contributed by atoms with Gasteiger partial charge in [0.05, 0.1) is 0 Å². The highest BCUT2D eigenvalue weighted by Crippen LogP contribution is 2.15. The second-order valence-corrected chi connectivity index (χ2v) is 4.47. The molecule has 1 aromatic carbocycles. The fourth-order valence-electron chi connectivity index (χ4n) is 2.19. The maximum atomic E-state index is 11.8. The molecule has 1 saturated heterocycles. The smallest absolute Gasteiger partial charge is 0.312 e. The van der Waals surface area contributed by atoms with E-state index in [9.17, 15) is 9.59 Å². The monoisotopic (exact) mass is 261 g/mol. The van der Waals surface area contributed by atoms with E-state index in [0.717, 1.165) is 18.8 Å². The topological polar surface area (TPSA) is 52.7 Å². The van der Waals surface area contributed by atoms with Crippen LogP contribution in [0.5, 0.6) is 0 Å². The Morgan fingerprint density at radius 3 is 2.32 bits per heavy atom. The van der Waals surface area contributed by atoms with E-state index < -0.39 is 11.8 Å². The van der Waals surface area contributed by atoms with Crippen molar-refractivity contribution in [3.63, 3.8) is 0 Å². The molecule has 1 fully saturated rings.